The number of nitrogens with one attached hydrogen (secondary N) is 3. The van der Waals surface area contributed by atoms with Crippen LogP contribution in [-0.4, -0.2) is 39.3 Å². The van der Waals surface area contributed by atoms with E-state index in [4.69, 9.17) is 16.6 Å². The van der Waals surface area contributed by atoms with Gasteiger partial charge < -0.3 is 10.6 Å². The Morgan fingerprint density at radius 1 is 1.30 bits per heavy atom. The maximum atomic E-state index is 13.5. The lowest BCUT2D eigenvalue weighted by atomic mass is 9.72. The molecule has 1 saturated carbocycles. The topological polar surface area (TPSA) is 119 Å². The fourth-order valence-electron chi connectivity index (χ4n) is 4.33. The zero-order valence-corrected chi connectivity index (χ0v) is 18.4. The molecule has 1 aromatic carbocycles. The van der Waals surface area contributed by atoms with Gasteiger partial charge in [-0.2, -0.15) is 18.3 Å². The van der Waals surface area contributed by atoms with Crippen molar-refractivity contribution in [3.8, 4) is 11.3 Å². The lowest BCUT2D eigenvalue weighted by molar-refractivity contribution is -0.141. The predicted molar refractivity (Wildman–Crippen MR) is 121 cm³/mol. The first-order chi connectivity index (χ1) is 15.6. The van der Waals surface area contributed by atoms with E-state index in [2.05, 4.69) is 15.2 Å². The number of pyridine rings is 1. The second-order valence-electron chi connectivity index (χ2n) is 8.59. The molecular weight excluding hydrogens is 431 g/mol. The van der Waals surface area contributed by atoms with Crippen molar-refractivity contribution < 1.29 is 13.2 Å². The van der Waals surface area contributed by atoms with Crippen LogP contribution >= 0.6 is 0 Å². The van der Waals surface area contributed by atoms with Crippen LogP contribution in [0.2, 0.25) is 0 Å². The van der Waals surface area contributed by atoms with Crippen molar-refractivity contribution in [3.05, 3.63) is 47.3 Å². The van der Waals surface area contributed by atoms with E-state index >= 15 is 0 Å². The third-order valence-electron chi connectivity index (χ3n) is 6.31. The number of aromatic nitrogens is 3. The summed E-state index contributed by atoms with van der Waals surface area (Å²) in [5, 5.41) is 23.6. The Morgan fingerprint density at radius 2 is 2.03 bits per heavy atom. The fourth-order valence-corrected chi connectivity index (χ4v) is 4.33. The molecule has 0 spiro atoms. The molecule has 3 aromatic rings. The molecule has 1 fully saturated rings. The van der Waals surface area contributed by atoms with Gasteiger partial charge >= 0.3 is 6.18 Å². The van der Waals surface area contributed by atoms with Crippen molar-refractivity contribution in [1.82, 2.24) is 20.1 Å². The van der Waals surface area contributed by atoms with Crippen LogP contribution in [0.4, 0.5) is 13.2 Å². The monoisotopic (exact) mass is 457 g/mol. The van der Waals surface area contributed by atoms with Gasteiger partial charge in [-0.15, -0.1) is 0 Å². The number of H-pyrrole nitrogens is 1. The number of aromatic amines is 1. The molecule has 2 atom stereocenters. The molecule has 0 radical (unpaired) electrons. The largest absolute Gasteiger partial charge is 0.433 e. The molecule has 2 unspecified atom stereocenters. The molecule has 0 amide bonds. The van der Waals surface area contributed by atoms with Crippen molar-refractivity contribution in [3.63, 3.8) is 0 Å². The number of hydrogen-bond donors (Lipinski definition) is 4. The number of nitrogens with two attached hydrogens (primary N) is 1. The van der Waals surface area contributed by atoms with E-state index in [0.717, 1.165) is 37.2 Å². The second kappa shape index (κ2) is 8.58. The summed E-state index contributed by atoms with van der Waals surface area (Å²) in [6, 6.07) is 7.71. The molecule has 2 aromatic heterocycles. The number of amidine groups is 1. The summed E-state index contributed by atoms with van der Waals surface area (Å²) in [6.45, 7) is 1.58. The molecule has 174 valence electrons. The summed E-state index contributed by atoms with van der Waals surface area (Å²) in [5.41, 5.74) is 7.28. The van der Waals surface area contributed by atoms with Crippen LogP contribution < -0.4 is 5.73 Å². The molecule has 10 heteroatoms. The molecule has 33 heavy (non-hydrogen) atoms. The van der Waals surface area contributed by atoms with Crippen LogP contribution in [0.25, 0.3) is 22.2 Å². The van der Waals surface area contributed by atoms with Gasteiger partial charge in [0.05, 0.1) is 17.5 Å². The van der Waals surface area contributed by atoms with E-state index in [0.29, 0.717) is 28.0 Å². The Kier molecular flexibility index (Phi) is 5.96. The summed E-state index contributed by atoms with van der Waals surface area (Å²) in [7, 11) is 1.67. The number of halogens is 3. The highest BCUT2D eigenvalue weighted by atomic mass is 19.4. The van der Waals surface area contributed by atoms with Gasteiger partial charge in [-0.1, -0.05) is 24.6 Å². The van der Waals surface area contributed by atoms with Crippen molar-refractivity contribution in [2.45, 2.75) is 44.3 Å². The minimum Gasteiger partial charge on any atom is -0.324 e. The Morgan fingerprint density at radius 3 is 2.61 bits per heavy atom. The van der Waals surface area contributed by atoms with Gasteiger partial charge in [0, 0.05) is 30.0 Å². The van der Waals surface area contributed by atoms with E-state index in [1.165, 1.54) is 4.90 Å². The molecule has 0 saturated heterocycles. The zero-order chi connectivity index (χ0) is 23.9. The maximum Gasteiger partial charge on any atom is 0.433 e. The van der Waals surface area contributed by atoms with E-state index in [-0.39, 0.29) is 17.5 Å². The third kappa shape index (κ3) is 4.22. The lowest BCUT2D eigenvalue weighted by Crippen LogP contribution is -2.36. The van der Waals surface area contributed by atoms with E-state index < -0.39 is 17.9 Å². The molecular formula is C23H26F3N7. The summed E-state index contributed by atoms with van der Waals surface area (Å²) in [6.07, 6.45) is -0.421. The highest BCUT2D eigenvalue weighted by Crippen LogP contribution is 2.42. The minimum absolute atomic E-state index is 0.108. The van der Waals surface area contributed by atoms with Crippen LogP contribution in [0.15, 0.2) is 30.3 Å². The van der Waals surface area contributed by atoms with E-state index in [1.807, 2.05) is 18.2 Å². The minimum atomic E-state index is -4.62. The van der Waals surface area contributed by atoms with Gasteiger partial charge in [-0.3, -0.25) is 15.9 Å². The molecule has 2 heterocycles. The Bertz CT molecular complexity index is 1190. The van der Waals surface area contributed by atoms with Gasteiger partial charge in [0.15, 0.2) is 0 Å². The van der Waals surface area contributed by atoms with E-state index in [1.54, 1.807) is 20.0 Å². The first kappa shape index (κ1) is 22.9. The number of benzene rings is 1. The van der Waals surface area contributed by atoms with Crippen LogP contribution in [0.1, 0.15) is 55.1 Å². The zero-order valence-electron chi connectivity index (χ0n) is 18.4. The predicted octanol–water partition coefficient (Wildman–Crippen LogP) is 5.06. The smallest absolute Gasteiger partial charge is 0.324 e. The molecule has 7 nitrogen and oxygen atoms in total. The Balaban J connectivity index is 1.84. The summed E-state index contributed by atoms with van der Waals surface area (Å²) < 4.78 is 40.6. The standard InChI is InChI=1S/C23H26F3N7/c1-12(28)19-21-16(10-17(30-19)23(24,25)26)20(31-32-21)15-8-4-7-14(9-15)18(13-5-3-6-13)22(29)33(2)11-27/h4,7-13,18,27,29H,3,5-6,28H2,1-2H3,(H,31,32). The molecule has 1 aliphatic carbocycles. The molecule has 0 aliphatic heterocycles. The van der Waals surface area contributed by atoms with Gasteiger partial charge in [0.25, 0.3) is 0 Å². The number of nitrogens with zero attached hydrogens (tertiary/aromatic N) is 3. The summed E-state index contributed by atoms with van der Waals surface area (Å²) in [5.74, 6) is 0.404. The number of hydrogen-bond acceptors (Lipinski definition) is 5. The average molecular weight is 458 g/mol. The van der Waals surface area contributed by atoms with Gasteiger partial charge in [-0.05, 0) is 43.4 Å². The van der Waals surface area contributed by atoms with Crippen molar-refractivity contribution in [1.29, 1.82) is 10.8 Å². The first-order valence-electron chi connectivity index (χ1n) is 10.8. The van der Waals surface area contributed by atoms with Gasteiger partial charge in [-0.25, -0.2) is 4.98 Å². The highest BCUT2D eigenvalue weighted by Gasteiger charge is 2.35. The van der Waals surface area contributed by atoms with Crippen LogP contribution in [-0.2, 0) is 6.18 Å². The number of rotatable bonds is 6. The van der Waals surface area contributed by atoms with E-state index in [9.17, 15) is 13.2 Å². The quantitative estimate of drug-likeness (QED) is 0.305. The normalized spacial score (nSPS) is 16.3. The lowest BCUT2D eigenvalue weighted by Gasteiger charge is -2.36. The van der Waals surface area contributed by atoms with Crippen LogP contribution in [0, 0.1) is 16.7 Å². The number of fused-ring (bicyclic) bond motifs is 1. The highest BCUT2D eigenvalue weighted by molar-refractivity contribution is 5.96. The van der Waals surface area contributed by atoms with Crippen molar-refractivity contribution in [2.24, 2.45) is 11.7 Å². The number of likely N-dealkylation sites (N-methyl/N-ethyl adjacent to an activating group) is 1. The molecule has 0 bridgehead atoms. The Hall–Kier alpha value is -3.27. The average Bonchev–Trinajstić information content (AvgIpc) is 3.17. The second-order valence-corrected chi connectivity index (χ2v) is 8.59. The fraction of sp³-hybridized carbons (Fsp3) is 0.391. The molecule has 5 N–H and O–H groups in total. The first-order valence-corrected chi connectivity index (χ1v) is 10.8. The Labute approximate surface area is 189 Å². The van der Waals surface area contributed by atoms with Crippen LogP contribution in [0.5, 0.6) is 0 Å². The molecule has 1 aliphatic rings. The van der Waals surface area contributed by atoms with Crippen molar-refractivity contribution >= 4 is 23.1 Å². The molecule has 4 rings (SSSR count). The van der Waals surface area contributed by atoms with Gasteiger partial charge in [0.2, 0.25) is 0 Å². The van der Waals surface area contributed by atoms with Gasteiger partial charge in [0.1, 0.15) is 17.2 Å². The summed E-state index contributed by atoms with van der Waals surface area (Å²) >= 11 is 0. The van der Waals surface area contributed by atoms with Crippen molar-refractivity contribution in [2.75, 3.05) is 7.05 Å². The SMILES string of the molecule is CC(N)c1nc(C(F)(F)F)cc2c(-c3cccc(C(C(=N)N(C)C=N)C4CCC4)c3)n[nH]c12. The van der Waals surface area contributed by atoms with Crippen LogP contribution in [0.3, 0.4) is 0 Å². The number of alkyl halides is 3. The summed E-state index contributed by atoms with van der Waals surface area (Å²) in [4.78, 5) is 5.22. The third-order valence-corrected chi connectivity index (χ3v) is 6.31. The maximum absolute atomic E-state index is 13.5.